The lowest BCUT2D eigenvalue weighted by Gasteiger charge is -2.08. The largest absolute Gasteiger partial charge is 0.489 e. The quantitative estimate of drug-likeness (QED) is 0.737. The van der Waals surface area contributed by atoms with Crippen LogP contribution < -0.4 is 9.46 Å². The third-order valence-electron chi connectivity index (χ3n) is 2.28. The van der Waals surface area contributed by atoms with Gasteiger partial charge in [-0.25, -0.2) is 17.5 Å². The van der Waals surface area contributed by atoms with E-state index in [0.717, 1.165) is 6.42 Å². The van der Waals surface area contributed by atoms with Crippen molar-refractivity contribution >= 4 is 10.0 Å². The summed E-state index contributed by atoms with van der Waals surface area (Å²) in [4.78, 5) is 0. The zero-order chi connectivity index (χ0) is 13.4. The highest BCUT2D eigenvalue weighted by molar-refractivity contribution is 7.89. The Labute approximate surface area is 107 Å². The molecule has 0 aliphatic heterocycles. The number of nitrogens with one attached hydrogen (secondary N) is 1. The molecule has 4 nitrogen and oxygen atoms in total. The molecule has 0 amide bonds. The van der Waals surface area contributed by atoms with Gasteiger partial charge in [-0.1, -0.05) is 25.5 Å². The van der Waals surface area contributed by atoms with Crippen molar-refractivity contribution in [3.05, 3.63) is 30.1 Å². The summed E-state index contributed by atoms with van der Waals surface area (Å²) < 4.78 is 43.6. The molecule has 6 heteroatoms. The molecule has 0 atom stereocenters. The van der Waals surface area contributed by atoms with E-state index in [1.165, 1.54) is 12.1 Å². The first kappa shape index (κ1) is 14.9. The van der Waals surface area contributed by atoms with E-state index in [2.05, 4.69) is 4.72 Å². The van der Waals surface area contributed by atoms with Gasteiger partial charge in [0.25, 0.3) is 0 Å². The number of benzene rings is 1. The second-order valence-electron chi connectivity index (χ2n) is 3.85. The van der Waals surface area contributed by atoms with Gasteiger partial charge in [-0.2, -0.15) is 0 Å². The minimum absolute atomic E-state index is 0.103. The van der Waals surface area contributed by atoms with Crippen LogP contribution in [-0.2, 0) is 10.0 Å². The number of rotatable bonds is 8. The van der Waals surface area contributed by atoms with Gasteiger partial charge in [-0.15, -0.1) is 0 Å². The molecule has 0 saturated carbocycles. The third kappa shape index (κ3) is 5.46. The Hall–Kier alpha value is -1.14. The number of sulfonamides is 1. The lowest BCUT2D eigenvalue weighted by Crippen LogP contribution is -2.30. The highest BCUT2D eigenvalue weighted by Crippen LogP contribution is 2.14. The van der Waals surface area contributed by atoms with Crippen molar-refractivity contribution in [1.29, 1.82) is 0 Å². The Morgan fingerprint density at radius 2 is 2.06 bits per heavy atom. The van der Waals surface area contributed by atoms with Crippen molar-refractivity contribution in [2.24, 2.45) is 0 Å². The number of ether oxygens (including phenoxy) is 1. The number of halogens is 1. The molecule has 0 fully saturated rings. The molecule has 0 heterocycles. The third-order valence-corrected chi connectivity index (χ3v) is 3.75. The molecule has 0 aromatic heterocycles. The smallest absolute Gasteiger partial charge is 0.211 e. The van der Waals surface area contributed by atoms with Gasteiger partial charge >= 0.3 is 0 Å². The van der Waals surface area contributed by atoms with E-state index in [1.54, 1.807) is 12.1 Å². The molecule has 1 rings (SSSR count). The van der Waals surface area contributed by atoms with Gasteiger partial charge in [0.2, 0.25) is 10.0 Å². The second-order valence-corrected chi connectivity index (χ2v) is 5.77. The topological polar surface area (TPSA) is 55.4 Å². The van der Waals surface area contributed by atoms with Crippen LogP contribution >= 0.6 is 0 Å². The molecule has 18 heavy (non-hydrogen) atoms. The van der Waals surface area contributed by atoms with Gasteiger partial charge in [0, 0.05) is 6.54 Å². The fraction of sp³-hybridized carbons (Fsp3) is 0.500. The number of hydrogen-bond donors (Lipinski definition) is 1. The molecular formula is C12H18FNO3S. The average Bonchev–Trinajstić information content (AvgIpc) is 2.34. The zero-order valence-electron chi connectivity index (χ0n) is 10.4. The van der Waals surface area contributed by atoms with E-state index < -0.39 is 15.8 Å². The van der Waals surface area contributed by atoms with Crippen molar-refractivity contribution in [3.8, 4) is 5.75 Å². The number of hydrogen-bond acceptors (Lipinski definition) is 3. The maximum atomic E-state index is 13.2. The highest BCUT2D eigenvalue weighted by atomic mass is 32.2. The minimum atomic E-state index is -3.23. The summed E-state index contributed by atoms with van der Waals surface area (Å²) in [6.07, 6.45) is 1.45. The summed E-state index contributed by atoms with van der Waals surface area (Å²) in [5.74, 6) is -0.208. The molecule has 102 valence electrons. The molecule has 1 N–H and O–H groups in total. The van der Waals surface area contributed by atoms with Crippen LogP contribution in [0.3, 0.4) is 0 Å². The fourth-order valence-corrected chi connectivity index (χ4v) is 2.53. The Morgan fingerprint density at radius 3 is 2.72 bits per heavy atom. The SMILES string of the molecule is CCCCS(=O)(=O)NCCOc1ccccc1F. The van der Waals surface area contributed by atoms with Crippen LogP contribution in [0, 0.1) is 5.82 Å². The Kier molecular flexibility index (Phi) is 6.07. The van der Waals surface area contributed by atoms with Crippen molar-refractivity contribution in [1.82, 2.24) is 4.72 Å². The summed E-state index contributed by atoms with van der Waals surface area (Å²) in [5.41, 5.74) is 0. The molecule has 1 aromatic carbocycles. The van der Waals surface area contributed by atoms with Crippen LogP contribution in [0.2, 0.25) is 0 Å². The first-order valence-electron chi connectivity index (χ1n) is 5.90. The van der Waals surface area contributed by atoms with E-state index in [-0.39, 0.29) is 24.7 Å². The number of unbranched alkanes of at least 4 members (excludes halogenated alkanes) is 1. The van der Waals surface area contributed by atoms with Crippen LogP contribution in [0.4, 0.5) is 4.39 Å². The van der Waals surface area contributed by atoms with Crippen molar-refractivity contribution in [3.63, 3.8) is 0 Å². The monoisotopic (exact) mass is 275 g/mol. The van der Waals surface area contributed by atoms with Crippen molar-refractivity contribution in [2.45, 2.75) is 19.8 Å². The first-order valence-corrected chi connectivity index (χ1v) is 7.55. The molecule has 0 radical (unpaired) electrons. The summed E-state index contributed by atoms with van der Waals surface area (Å²) in [5, 5.41) is 0. The predicted octanol–water partition coefficient (Wildman–Crippen LogP) is 1.92. The van der Waals surface area contributed by atoms with Gasteiger partial charge in [-0.05, 0) is 18.6 Å². The summed E-state index contributed by atoms with van der Waals surface area (Å²) in [7, 11) is -3.23. The fourth-order valence-electron chi connectivity index (χ4n) is 1.33. The normalized spacial score (nSPS) is 11.4. The van der Waals surface area contributed by atoms with Crippen LogP contribution in [0.1, 0.15) is 19.8 Å². The first-order chi connectivity index (χ1) is 8.55. The number of para-hydroxylation sites is 1. The molecule has 0 unspecified atom stereocenters. The van der Waals surface area contributed by atoms with Crippen molar-refractivity contribution < 1.29 is 17.5 Å². The molecule has 0 spiro atoms. The van der Waals surface area contributed by atoms with Gasteiger partial charge in [0.15, 0.2) is 11.6 Å². The maximum absolute atomic E-state index is 13.2. The highest BCUT2D eigenvalue weighted by Gasteiger charge is 2.08. The molecular weight excluding hydrogens is 257 g/mol. The van der Waals surface area contributed by atoms with Crippen LogP contribution in [-0.4, -0.2) is 27.3 Å². The second kappa shape index (κ2) is 7.33. The summed E-state index contributed by atoms with van der Waals surface area (Å²) in [6.45, 7) is 2.17. The maximum Gasteiger partial charge on any atom is 0.211 e. The van der Waals surface area contributed by atoms with E-state index in [0.29, 0.717) is 6.42 Å². The Bertz CT molecular complexity index is 462. The minimum Gasteiger partial charge on any atom is -0.489 e. The van der Waals surface area contributed by atoms with Crippen LogP contribution in [0.15, 0.2) is 24.3 Å². The van der Waals surface area contributed by atoms with Crippen LogP contribution in [0.5, 0.6) is 5.75 Å². The van der Waals surface area contributed by atoms with E-state index in [1.807, 2.05) is 6.92 Å². The Morgan fingerprint density at radius 1 is 1.33 bits per heavy atom. The van der Waals surface area contributed by atoms with Crippen LogP contribution in [0.25, 0.3) is 0 Å². The summed E-state index contributed by atoms with van der Waals surface area (Å²) >= 11 is 0. The standard InChI is InChI=1S/C12H18FNO3S/c1-2-3-10-18(15,16)14-8-9-17-12-7-5-4-6-11(12)13/h4-7,14H,2-3,8-10H2,1H3. The molecule has 0 saturated heterocycles. The molecule has 1 aromatic rings. The Balaban J connectivity index is 2.29. The lowest BCUT2D eigenvalue weighted by atomic mass is 10.3. The molecule has 0 bridgehead atoms. The zero-order valence-corrected chi connectivity index (χ0v) is 11.2. The summed E-state index contributed by atoms with van der Waals surface area (Å²) in [6, 6.07) is 6.02. The van der Waals surface area contributed by atoms with Gasteiger partial charge in [0.05, 0.1) is 5.75 Å². The molecule has 0 aliphatic rings. The van der Waals surface area contributed by atoms with E-state index >= 15 is 0 Å². The predicted molar refractivity (Wildman–Crippen MR) is 68.6 cm³/mol. The van der Waals surface area contributed by atoms with Gasteiger partial charge < -0.3 is 4.74 Å². The van der Waals surface area contributed by atoms with E-state index in [9.17, 15) is 12.8 Å². The average molecular weight is 275 g/mol. The van der Waals surface area contributed by atoms with E-state index in [4.69, 9.17) is 4.74 Å². The molecule has 0 aliphatic carbocycles. The van der Waals surface area contributed by atoms with Gasteiger partial charge in [-0.3, -0.25) is 0 Å². The van der Waals surface area contributed by atoms with Gasteiger partial charge in [0.1, 0.15) is 6.61 Å². The van der Waals surface area contributed by atoms with Crippen molar-refractivity contribution in [2.75, 3.05) is 18.9 Å². The lowest BCUT2D eigenvalue weighted by molar-refractivity contribution is 0.306.